The number of hydrogen-bond acceptors (Lipinski definition) is 5. The van der Waals surface area contributed by atoms with Gasteiger partial charge in [0.15, 0.2) is 0 Å². The summed E-state index contributed by atoms with van der Waals surface area (Å²) in [7, 11) is 0. The van der Waals surface area contributed by atoms with Crippen LogP contribution in [0.1, 0.15) is 28.8 Å². The number of carbonyl (C=O) groups is 1. The van der Waals surface area contributed by atoms with Gasteiger partial charge in [-0.25, -0.2) is 4.79 Å². The predicted molar refractivity (Wildman–Crippen MR) is 100 cm³/mol. The second-order valence-electron chi connectivity index (χ2n) is 5.97. The van der Waals surface area contributed by atoms with Crippen LogP contribution in [0.5, 0.6) is 0 Å². The highest BCUT2D eigenvalue weighted by Crippen LogP contribution is 2.32. The lowest BCUT2D eigenvalue weighted by atomic mass is 10.1. The van der Waals surface area contributed by atoms with E-state index in [1.165, 1.54) is 6.07 Å². The fourth-order valence-corrected chi connectivity index (χ4v) is 3.35. The molecule has 0 bridgehead atoms. The van der Waals surface area contributed by atoms with Crippen LogP contribution in [0.3, 0.4) is 0 Å². The number of nitro groups is 1. The summed E-state index contributed by atoms with van der Waals surface area (Å²) in [5.74, 6) is -0.646. The Morgan fingerprint density at radius 1 is 1.15 bits per heavy atom. The number of benzene rings is 2. The van der Waals surface area contributed by atoms with E-state index in [4.69, 9.17) is 27.9 Å². The van der Waals surface area contributed by atoms with E-state index >= 15 is 0 Å². The van der Waals surface area contributed by atoms with E-state index in [-0.39, 0.29) is 17.9 Å². The number of ether oxygens (including phenoxy) is 1. The molecule has 0 unspecified atom stereocenters. The number of carbonyl (C=O) groups excluding carboxylic acids is 1. The van der Waals surface area contributed by atoms with Gasteiger partial charge in [0.05, 0.1) is 10.5 Å². The average Bonchev–Trinajstić information content (AvgIpc) is 3.14. The number of esters is 1. The third-order valence-electron chi connectivity index (χ3n) is 4.23. The second-order valence-corrected chi connectivity index (χ2v) is 6.81. The monoisotopic (exact) mass is 394 g/mol. The Kier molecular flexibility index (Phi) is 5.64. The number of hydrogen-bond donors (Lipinski definition) is 0. The summed E-state index contributed by atoms with van der Waals surface area (Å²) < 4.78 is 5.23. The highest BCUT2D eigenvalue weighted by molar-refractivity contribution is 6.35. The maximum atomic E-state index is 12.3. The van der Waals surface area contributed by atoms with Crippen LogP contribution in [0.15, 0.2) is 36.4 Å². The van der Waals surface area contributed by atoms with Gasteiger partial charge >= 0.3 is 5.97 Å². The van der Waals surface area contributed by atoms with Crippen LogP contribution in [-0.4, -0.2) is 24.0 Å². The Bertz CT molecular complexity index is 851. The van der Waals surface area contributed by atoms with Crippen molar-refractivity contribution in [1.82, 2.24) is 0 Å². The molecule has 0 saturated carbocycles. The molecule has 2 aromatic carbocycles. The number of nitrogens with zero attached hydrogens (tertiary/aromatic N) is 2. The van der Waals surface area contributed by atoms with E-state index in [9.17, 15) is 14.9 Å². The van der Waals surface area contributed by atoms with Crippen molar-refractivity contribution in [2.45, 2.75) is 19.4 Å². The zero-order chi connectivity index (χ0) is 18.7. The SMILES string of the molecule is O=C(OCc1ccc(Cl)cc1Cl)c1ccc(N2CCCC2)c([N+](=O)[O-])c1. The first-order valence-electron chi connectivity index (χ1n) is 8.10. The highest BCUT2D eigenvalue weighted by atomic mass is 35.5. The molecule has 1 aliphatic heterocycles. The van der Waals surface area contributed by atoms with E-state index in [1.54, 1.807) is 30.3 Å². The Balaban J connectivity index is 1.76. The summed E-state index contributed by atoms with van der Waals surface area (Å²) in [6, 6.07) is 9.28. The van der Waals surface area contributed by atoms with Crippen molar-refractivity contribution in [2.24, 2.45) is 0 Å². The lowest BCUT2D eigenvalue weighted by Crippen LogP contribution is -2.19. The molecule has 0 amide bonds. The van der Waals surface area contributed by atoms with Crippen molar-refractivity contribution in [3.05, 3.63) is 67.7 Å². The predicted octanol–water partition coefficient (Wildman–Crippen LogP) is 4.86. The van der Waals surface area contributed by atoms with E-state index in [2.05, 4.69) is 0 Å². The Morgan fingerprint density at radius 3 is 2.54 bits per heavy atom. The topological polar surface area (TPSA) is 72.7 Å². The van der Waals surface area contributed by atoms with Gasteiger partial charge in [0.2, 0.25) is 0 Å². The maximum Gasteiger partial charge on any atom is 0.338 e. The molecule has 0 aromatic heterocycles. The quantitative estimate of drug-likeness (QED) is 0.411. The minimum Gasteiger partial charge on any atom is -0.457 e. The molecule has 1 aliphatic rings. The van der Waals surface area contributed by atoms with Crippen LogP contribution < -0.4 is 4.90 Å². The zero-order valence-electron chi connectivity index (χ0n) is 13.8. The summed E-state index contributed by atoms with van der Waals surface area (Å²) in [4.78, 5) is 25.2. The molecular weight excluding hydrogens is 379 g/mol. The van der Waals surface area contributed by atoms with Crippen molar-refractivity contribution in [1.29, 1.82) is 0 Å². The lowest BCUT2D eigenvalue weighted by molar-refractivity contribution is -0.384. The fourth-order valence-electron chi connectivity index (χ4n) is 2.89. The van der Waals surface area contributed by atoms with Crippen LogP contribution in [0.4, 0.5) is 11.4 Å². The minimum absolute atomic E-state index is 0.0451. The van der Waals surface area contributed by atoms with E-state index in [0.717, 1.165) is 25.9 Å². The van der Waals surface area contributed by atoms with E-state index < -0.39 is 10.9 Å². The van der Waals surface area contributed by atoms with Crippen molar-refractivity contribution < 1.29 is 14.5 Å². The molecule has 0 spiro atoms. The van der Waals surface area contributed by atoms with E-state index in [0.29, 0.717) is 21.3 Å². The van der Waals surface area contributed by atoms with Gasteiger partial charge in [0, 0.05) is 34.8 Å². The van der Waals surface area contributed by atoms with Crippen LogP contribution in [0, 0.1) is 10.1 Å². The number of halogens is 2. The number of anilines is 1. The lowest BCUT2D eigenvalue weighted by Gasteiger charge is -2.17. The molecule has 1 fully saturated rings. The molecule has 1 saturated heterocycles. The highest BCUT2D eigenvalue weighted by Gasteiger charge is 2.24. The first-order valence-corrected chi connectivity index (χ1v) is 8.86. The Hall–Kier alpha value is -2.31. The van der Waals surface area contributed by atoms with Gasteiger partial charge in [-0.3, -0.25) is 10.1 Å². The van der Waals surface area contributed by atoms with Crippen molar-refractivity contribution in [3.63, 3.8) is 0 Å². The van der Waals surface area contributed by atoms with Gasteiger partial charge in [-0.05, 0) is 37.1 Å². The minimum atomic E-state index is -0.646. The zero-order valence-corrected chi connectivity index (χ0v) is 15.3. The van der Waals surface area contributed by atoms with Crippen molar-refractivity contribution >= 4 is 40.5 Å². The van der Waals surface area contributed by atoms with Crippen LogP contribution in [0.2, 0.25) is 10.0 Å². The second kappa shape index (κ2) is 7.93. The fraction of sp³-hybridized carbons (Fsp3) is 0.278. The molecule has 0 radical (unpaired) electrons. The maximum absolute atomic E-state index is 12.3. The Labute approximate surface area is 160 Å². The first-order chi connectivity index (χ1) is 12.5. The number of rotatable bonds is 5. The molecule has 136 valence electrons. The van der Waals surface area contributed by atoms with Crippen LogP contribution in [0.25, 0.3) is 0 Å². The normalized spacial score (nSPS) is 13.7. The molecule has 6 nitrogen and oxygen atoms in total. The van der Waals surface area contributed by atoms with Crippen LogP contribution >= 0.6 is 23.2 Å². The van der Waals surface area contributed by atoms with Gasteiger partial charge in [-0.15, -0.1) is 0 Å². The summed E-state index contributed by atoms with van der Waals surface area (Å²) in [5.41, 5.74) is 1.17. The molecule has 0 atom stereocenters. The summed E-state index contributed by atoms with van der Waals surface area (Å²) in [6.07, 6.45) is 2.01. The number of nitro benzene ring substituents is 1. The standard InChI is InChI=1S/C18H16Cl2N2O4/c19-14-5-3-13(15(20)10-14)11-26-18(23)12-4-6-16(17(9-12)22(24)25)21-7-1-2-8-21/h3-6,9-10H,1-2,7-8,11H2. The van der Waals surface area contributed by atoms with Gasteiger partial charge in [0.1, 0.15) is 12.3 Å². The molecule has 3 rings (SSSR count). The molecule has 0 N–H and O–H groups in total. The molecule has 1 heterocycles. The average molecular weight is 395 g/mol. The van der Waals surface area contributed by atoms with Gasteiger partial charge < -0.3 is 9.64 Å². The van der Waals surface area contributed by atoms with E-state index in [1.807, 2.05) is 4.90 Å². The molecule has 26 heavy (non-hydrogen) atoms. The van der Waals surface area contributed by atoms with Gasteiger partial charge in [0.25, 0.3) is 5.69 Å². The summed E-state index contributed by atoms with van der Waals surface area (Å²) in [6.45, 7) is 1.51. The third kappa shape index (κ3) is 4.08. The summed E-state index contributed by atoms with van der Waals surface area (Å²) >= 11 is 11.9. The van der Waals surface area contributed by atoms with Gasteiger partial charge in [-0.2, -0.15) is 0 Å². The van der Waals surface area contributed by atoms with Gasteiger partial charge in [-0.1, -0.05) is 29.3 Å². The third-order valence-corrected chi connectivity index (χ3v) is 4.82. The first kappa shape index (κ1) is 18.5. The molecule has 2 aromatic rings. The Morgan fingerprint density at radius 2 is 1.88 bits per heavy atom. The summed E-state index contributed by atoms with van der Waals surface area (Å²) in [5, 5.41) is 12.3. The van der Waals surface area contributed by atoms with Crippen molar-refractivity contribution in [3.8, 4) is 0 Å². The molecule has 8 heteroatoms. The van der Waals surface area contributed by atoms with Crippen molar-refractivity contribution in [2.75, 3.05) is 18.0 Å². The molecular formula is C18H16Cl2N2O4. The molecule has 0 aliphatic carbocycles. The smallest absolute Gasteiger partial charge is 0.338 e. The largest absolute Gasteiger partial charge is 0.457 e. The van der Waals surface area contributed by atoms with Crippen LogP contribution in [-0.2, 0) is 11.3 Å².